The molecule has 3 aromatic rings. The minimum Gasteiger partial charge on any atom is -0.497 e. The smallest absolute Gasteiger partial charge is 0.338 e. The first-order valence-electron chi connectivity index (χ1n) is 14.4. The van der Waals surface area contributed by atoms with E-state index in [4.69, 9.17) is 28.4 Å². The lowest BCUT2D eigenvalue weighted by Crippen LogP contribution is -2.49. The van der Waals surface area contributed by atoms with E-state index in [9.17, 15) is 14.4 Å². The summed E-state index contributed by atoms with van der Waals surface area (Å²) in [5.74, 6) is 1.88. The zero-order chi connectivity index (χ0) is 31.9. The predicted octanol–water partition coefficient (Wildman–Crippen LogP) is 4.00. The van der Waals surface area contributed by atoms with Crippen LogP contribution in [0.4, 0.5) is 4.79 Å². The first kappa shape index (κ1) is 31.0. The monoisotopic (exact) mass is 617 g/mol. The number of nitrogens with one attached hydrogen (secondary N) is 2. The second-order valence-corrected chi connectivity index (χ2v) is 10.2. The molecule has 0 saturated carbocycles. The first-order chi connectivity index (χ1) is 21.8. The highest BCUT2D eigenvalue weighted by Gasteiger charge is 2.36. The van der Waals surface area contributed by atoms with E-state index in [1.165, 1.54) is 0 Å². The second-order valence-electron chi connectivity index (χ2n) is 10.2. The van der Waals surface area contributed by atoms with Crippen molar-refractivity contribution in [3.05, 3.63) is 88.6 Å². The first-order valence-corrected chi connectivity index (χ1v) is 14.4. The third-order valence-corrected chi connectivity index (χ3v) is 7.47. The molecule has 0 aromatic heterocycles. The van der Waals surface area contributed by atoms with E-state index in [0.717, 1.165) is 5.56 Å². The standard InChI is InChI=1S/C33H35N3O9/c1-5-43-32(38)29-24(34-33(39)35-30(29)22-9-13-26-28(17-22)45-19-44-26)18-36(31(37)21-7-10-23(40-2)11-8-21)15-14-20-6-12-25(41-3)27(16-20)42-4/h6-13,16-17,30H,5,14-15,18-19H2,1-4H3,(H2,34,35,39)/t30-/m1/s1. The summed E-state index contributed by atoms with van der Waals surface area (Å²) in [5.41, 5.74) is 2.32. The zero-order valence-corrected chi connectivity index (χ0v) is 25.5. The van der Waals surface area contributed by atoms with Gasteiger partial charge in [0.1, 0.15) is 5.75 Å². The predicted molar refractivity (Wildman–Crippen MR) is 163 cm³/mol. The molecule has 0 radical (unpaired) electrons. The Labute approximate surface area is 260 Å². The summed E-state index contributed by atoms with van der Waals surface area (Å²) in [7, 11) is 4.67. The molecule has 1 atom stereocenters. The van der Waals surface area contributed by atoms with Crippen molar-refractivity contribution in [3.63, 3.8) is 0 Å². The number of carbonyl (C=O) groups is 3. The van der Waals surface area contributed by atoms with Crippen LogP contribution in [-0.4, -0.2) is 70.6 Å². The fourth-order valence-corrected chi connectivity index (χ4v) is 5.19. The van der Waals surface area contributed by atoms with Crippen molar-refractivity contribution in [2.45, 2.75) is 19.4 Å². The minimum atomic E-state index is -0.869. The molecule has 0 spiro atoms. The van der Waals surface area contributed by atoms with E-state index in [1.54, 1.807) is 81.7 Å². The van der Waals surface area contributed by atoms with Gasteiger partial charge in [-0.05, 0) is 73.0 Å². The Morgan fingerprint density at radius 1 is 0.911 bits per heavy atom. The summed E-state index contributed by atoms with van der Waals surface area (Å²) in [6.45, 7) is 2.06. The Kier molecular flexibility index (Phi) is 9.61. The van der Waals surface area contributed by atoms with Crippen LogP contribution < -0.4 is 34.3 Å². The number of rotatable bonds is 12. The fraction of sp³-hybridized carbons (Fsp3) is 0.303. The summed E-state index contributed by atoms with van der Waals surface area (Å²) in [4.78, 5) is 42.0. The number of nitrogens with zero attached hydrogens (tertiary/aromatic N) is 1. The van der Waals surface area contributed by atoms with Gasteiger partial charge in [-0.3, -0.25) is 4.79 Å². The van der Waals surface area contributed by atoms with Crippen LogP contribution >= 0.6 is 0 Å². The number of hydrogen-bond donors (Lipinski definition) is 2. The normalized spacial score (nSPS) is 15.1. The topological polar surface area (TPSA) is 134 Å². The van der Waals surface area contributed by atoms with Crippen LogP contribution in [0.1, 0.15) is 34.5 Å². The van der Waals surface area contributed by atoms with Crippen molar-refractivity contribution in [1.82, 2.24) is 15.5 Å². The van der Waals surface area contributed by atoms with Crippen LogP contribution in [0.25, 0.3) is 0 Å². The number of methoxy groups -OCH3 is 3. The van der Waals surface area contributed by atoms with Gasteiger partial charge in [-0.25, -0.2) is 9.59 Å². The third kappa shape index (κ3) is 6.90. The van der Waals surface area contributed by atoms with Gasteiger partial charge in [-0.1, -0.05) is 12.1 Å². The van der Waals surface area contributed by atoms with E-state index >= 15 is 0 Å². The molecule has 0 bridgehead atoms. The number of hydrogen-bond acceptors (Lipinski definition) is 9. The van der Waals surface area contributed by atoms with E-state index in [1.807, 2.05) is 12.1 Å². The average molecular weight is 618 g/mol. The maximum Gasteiger partial charge on any atom is 0.338 e. The molecule has 3 amide bonds. The Morgan fingerprint density at radius 3 is 2.38 bits per heavy atom. The van der Waals surface area contributed by atoms with Crippen molar-refractivity contribution in [3.8, 4) is 28.7 Å². The van der Waals surface area contributed by atoms with Crippen LogP contribution in [0, 0.1) is 0 Å². The van der Waals surface area contributed by atoms with Crippen molar-refractivity contribution < 1.29 is 42.8 Å². The Balaban J connectivity index is 1.52. The van der Waals surface area contributed by atoms with Gasteiger partial charge in [0.2, 0.25) is 6.79 Å². The molecule has 12 nitrogen and oxygen atoms in total. The SMILES string of the molecule is CCOC(=O)C1=C(CN(CCc2ccc(OC)c(OC)c2)C(=O)c2ccc(OC)cc2)NC(=O)N[C@@H]1c1ccc2c(c1)OCO2. The molecule has 0 unspecified atom stereocenters. The van der Waals surface area contributed by atoms with Gasteiger partial charge in [0.05, 0.1) is 51.8 Å². The van der Waals surface area contributed by atoms with Crippen molar-refractivity contribution in [2.24, 2.45) is 0 Å². The van der Waals surface area contributed by atoms with Crippen molar-refractivity contribution >= 4 is 17.9 Å². The molecule has 2 aliphatic rings. The van der Waals surface area contributed by atoms with Gasteiger partial charge < -0.3 is 44.0 Å². The van der Waals surface area contributed by atoms with Crippen LogP contribution in [0.2, 0.25) is 0 Å². The number of carbonyl (C=O) groups excluding carboxylic acids is 3. The van der Waals surface area contributed by atoms with Gasteiger partial charge in [0.15, 0.2) is 23.0 Å². The van der Waals surface area contributed by atoms with Gasteiger partial charge in [0.25, 0.3) is 5.91 Å². The second kappa shape index (κ2) is 13.9. The third-order valence-electron chi connectivity index (χ3n) is 7.47. The highest BCUT2D eigenvalue weighted by Crippen LogP contribution is 2.37. The molecular weight excluding hydrogens is 582 g/mol. The quantitative estimate of drug-likeness (QED) is 0.289. The Bertz CT molecular complexity index is 1600. The van der Waals surface area contributed by atoms with Gasteiger partial charge in [0, 0.05) is 12.1 Å². The van der Waals surface area contributed by atoms with E-state index in [-0.39, 0.29) is 43.7 Å². The molecule has 0 saturated heterocycles. The molecule has 5 rings (SSSR count). The molecule has 2 heterocycles. The molecule has 45 heavy (non-hydrogen) atoms. The largest absolute Gasteiger partial charge is 0.497 e. The highest BCUT2D eigenvalue weighted by atomic mass is 16.7. The molecule has 0 aliphatic carbocycles. The number of esters is 1. The van der Waals surface area contributed by atoms with Crippen molar-refractivity contribution in [2.75, 3.05) is 47.8 Å². The van der Waals surface area contributed by atoms with E-state index in [2.05, 4.69) is 10.6 Å². The summed E-state index contributed by atoms with van der Waals surface area (Å²) < 4.78 is 32.5. The Hall–Kier alpha value is -5.39. The lowest BCUT2D eigenvalue weighted by molar-refractivity contribution is -0.139. The number of urea groups is 1. The average Bonchev–Trinajstić information content (AvgIpc) is 3.54. The number of amides is 3. The van der Waals surface area contributed by atoms with Crippen LogP contribution in [0.5, 0.6) is 28.7 Å². The van der Waals surface area contributed by atoms with E-state index in [0.29, 0.717) is 46.3 Å². The molecule has 0 fully saturated rings. The lowest BCUT2D eigenvalue weighted by atomic mass is 9.94. The summed E-state index contributed by atoms with van der Waals surface area (Å²) in [6, 6.07) is 16.1. The fourth-order valence-electron chi connectivity index (χ4n) is 5.19. The van der Waals surface area contributed by atoms with Crippen LogP contribution in [0.3, 0.4) is 0 Å². The molecule has 12 heteroatoms. The van der Waals surface area contributed by atoms with Gasteiger partial charge in [-0.2, -0.15) is 0 Å². The summed E-state index contributed by atoms with van der Waals surface area (Å²) in [5, 5.41) is 5.59. The summed E-state index contributed by atoms with van der Waals surface area (Å²) in [6.07, 6.45) is 0.446. The molecule has 236 valence electrons. The maximum absolute atomic E-state index is 14.0. The van der Waals surface area contributed by atoms with Gasteiger partial charge >= 0.3 is 12.0 Å². The number of benzene rings is 3. The van der Waals surface area contributed by atoms with Crippen molar-refractivity contribution in [1.29, 1.82) is 0 Å². The molecule has 2 N–H and O–H groups in total. The lowest BCUT2D eigenvalue weighted by Gasteiger charge is -2.32. The molecule has 2 aliphatic heterocycles. The van der Waals surface area contributed by atoms with Gasteiger partial charge in [-0.15, -0.1) is 0 Å². The number of ether oxygens (including phenoxy) is 6. The zero-order valence-electron chi connectivity index (χ0n) is 25.5. The van der Waals surface area contributed by atoms with Crippen LogP contribution in [-0.2, 0) is 16.0 Å². The van der Waals surface area contributed by atoms with E-state index < -0.39 is 18.0 Å². The number of fused-ring (bicyclic) bond motifs is 1. The summed E-state index contributed by atoms with van der Waals surface area (Å²) >= 11 is 0. The minimum absolute atomic E-state index is 0.0751. The molecule has 3 aromatic carbocycles. The molecular formula is C33H35N3O9. The maximum atomic E-state index is 14.0. The Morgan fingerprint density at radius 2 is 1.67 bits per heavy atom. The van der Waals surface area contributed by atoms with Crippen LogP contribution in [0.15, 0.2) is 71.9 Å². The highest BCUT2D eigenvalue weighted by molar-refractivity contribution is 5.97.